The molecule has 2 unspecified atom stereocenters. The van der Waals surface area contributed by atoms with Crippen LogP contribution in [0.1, 0.15) is 165 Å². The summed E-state index contributed by atoms with van der Waals surface area (Å²) in [6.45, 7) is 2.21. The normalized spacial score (nSPS) is 20.3. The van der Waals surface area contributed by atoms with Crippen molar-refractivity contribution in [1.82, 2.24) is 0 Å². The Morgan fingerprint density at radius 3 is 1.48 bits per heavy atom. The lowest BCUT2D eigenvalue weighted by Gasteiger charge is -2.47. The second-order valence-corrected chi connectivity index (χ2v) is 16.4. The maximum Gasteiger partial charge on any atom is 0.348 e. The van der Waals surface area contributed by atoms with Crippen molar-refractivity contribution in [2.45, 2.75) is 178 Å². The molecule has 0 amide bonds. The van der Waals surface area contributed by atoms with Crippen molar-refractivity contribution in [1.29, 1.82) is 0 Å². The lowest BCUT2D eigenvalue weighted by molar-refractivity contribution is -0.956. The zero-order valence-electron chi connectivity index (χ0n) is 32.9. The van der Waals surface area contributed by atoms with Gasteiger partial charge in [0.05, 0.1) is 25.2 Å². The summed E-state index contributed by atoms with van der Waals surface area (Å²) in [5, 5.41) is 8.69. The number of carboxylic acids is 1. The fourth-order valence-electron chi connectivity index (χ4n) is 9.79. The van der Waals surface area contributed by atoms with Gasteiger partial charge in [-0.25, -0.2) is 4.79 Å². The number of unbranched alkanes of at least 4 members (excludes halogenated alkanes) is 15. The summed E-state index contributed by atoms with van der Waals surface area (Å²) < 4.78 is 19.8. The molecule has 0 saturated carbocycles. The van der Waals surface area contributed by atoms with Crippen LogP contribution < -0.4 is 0 Å². The van der Waals surface area contributed by atoms with Gasteiger partial charge in [-0.1, -0.05) is 151 Å². The third-order valence-corrected chi connectivity index (χ3v) is 12.7. The van der Waals surface area contributed by atoms with E-state index in [4.69, 9.17) is 19.3 Å². The van der Waals surface area contributed by atoms with E-state index in [9.17, 15) is 14.4 Å². The highest BCUT2D eigenvalue weighted by atomic mass is 16.7. The van der Waals surface area contributed by atoms with Gasteiger partial charge in [-0.3, -0.25) is 9.59 Å². The van der Waals surface area contributed by atoms with Gasteiger partial charge in [-0.15, -0.1) is 0 Å². The maximum absolute atomic E-state index is 14.5. The fraction of sp³-hybridized carbons (Fsp3) is 0.674. The molecule has 2 atom stereocenters. The summed E-state index contributed by atoms with van der Waals surface area (Å²) in [6.07, 6.45) is 26.0. The van der Waals surface area contributed by atoms with Crippen LogP contribution in [0, 0.1) is 0 Å². The minimum atomic E-state index is -1.55. The number of nitrogens with zero attached hydrogens (tertiary/aromatic N) is 1. The predicted molar refractivity (Wildman–Crippen MR) is 212 cm³/mol. The predicted octanol–water partition coefficient (Wildman–Crippen LogP) is 10.4. The van der Waals surface area contributed by atoms with Gasteiger partial charge in [0, 0.05) is 51.4 Å². The number of ether oxygens (including phenoxy) is 3. The molecule has 8 heteroatoms. The Morgan fingerprint density at radius 2 is 1.04 bits per heavy atom. The van der Waals surface area contributed by atoms with Gasteiger partial charge in [0.2, 0.25) is 5.60 Å². The zero-order chi connectivity index (χ0) is 37.9. The Labute approximate surface area is 324 Å². The van der Waals surface area contributed by atoms with Crippen molar-refractivity contribution in [3.8, 4) is 0 Å². The molecule has 3 aliphatic heterocycles. The SMILES string of the molecule is O=C(O)CCCCCCCCCCCCCCCCCCC(=O)OCOC(C(=O)OC1CC2CCC(C1)[N+]21CCCC1)(c1ccccc1)c1ccccc1. The number of hydrogen-bond donors (Lipinski definition) is 1. The van der Waals surface area contributed by atoms with E-state index in [0.29, 0.717) is 36.1 Å². The number of carboxylic acid groups (broad SMARTS) is 1. The second kappa shape index (κ2) is 22.4. The number of carbonyl (C=O) groups excluding carboxylic acids is 2. The summed E-state index contributed by atoms with van der Waals surface area (Å²) >= 11 is 0. The van der Waals surface area contributed by atoms with Crippen molar-refractivity contribution in [2.75, 3.05) is 19.9 Å². The largest absolute Gasteiger partial charge is 0.481 e. The van der Waals surface area contributed by atoms with Crippen LogP contribution in [0.4, 0.5) is 0 Å². The average Bonchev–Trinajstić information content (AvgIpc) is 3.73. The molecule has 298 valence electrons. The molecule has 3 fully saturated rings. The third-order valence-electron chi connectivity index (χ3n) is 12.7. The van der Waals surface area contributed by atoms with Gasteiger partial charge < -0.3 is 23.8 Å². The number of rotatable bonds is 26. The minimum Gasteiger partial charge on any atom is -0.481 e. The Morgan fingerprint density at radius 1 is 0.611 bits per heavy atom. The van der Waals surface area contributed by atoms with Crippen LogP contribution in [0.25, 0.3) is 0 Å². The van der Waals surface area contributed by atoms with Crippen molar-refractivity contribution in [3.05, 3.63) is 71.8 Å². The molecule has 0 aromatic heterocycles. The van der Waals surface area contributed by atoms with Gasteiger partial charge >= 0.3 is 17.9 Å². The molecule has 2 aromatic rings. The third kappa shape index (κ3) is 11.9. The van der Waals surface area contributed by atoms with Gasteiger partial charge in [-0.05, 0) is 24.0 Å². The summed E-state index contributed by atoms with van der Waals surface area (Å²) in [6, 6.07) is 20.2. The zero-order valence-corrected chi connectivity index (χ0v) is 32.9. The van der Waals surface area contributed by atoms with Crippen LogP contribution in [-0.4, -0.2) is 65.6 Å². The second-order valence-electron chi connectivity index (χ2n) is 16.4. The number of aliphatic carboxylic acids is 1. The van der Waals surface area contributed by atoms with Crippen LogP contribution in [0.15, 0.2) is 60.7 Å². The summed E-state index contributed by atoms with van der Waals surface area (Å²) in [4.78, 5) is 37.9. The monoisotopic (exact) mass is 746 g/mol. The fourth-order valence-corrected chi connectivity index (χ4v) is 9.79. The van der Waals surface area contributed by atoms with E-state index in [1.807, 2.05) is 60.7 Å². The first-order chi connectivity index (χ1) is 26.4. The highest BCUT2D eigenvalue weighted by Crippen LogP contribution is 2.47. The highest BCUT2D eigenvalue weighted by molar-refractivity contribution is 5.86. The molecule has 1 N–H and O–H groups in total. The summed E-state index contributed by atoms with van der Waals surface area (Å²) in [7, 11) is 0. The van der Waals surface area contributed by atoms with Crippen LogP contribution >= 0.6 is 0 Å². The quantitative estimate of drug-likeness (QED) is 0.0443. The number of esters is 2. The van der Waals surface area contributed by atoms with Crippen molar-refractivity contribution < 1.29 is 38.2 Å². The Bertz CT molecular complexity index is 1340. The van der Waals surface area contributed by atoms with Crippen molar-refractivity contribution in [2.24, 2.45) is 0 Å². The van der Waals surface area contributed by atoms with E-state index >= 15 is 0 Å². The Hall–Kier alpha value is -3.23. The first-order valence-electron chi connectivity index (χ1n) is 21.6. The smallest absolute Gasteiger partial charge is 0.348 e. The standard InChI is InChI=1S/C46H67NO7/c48-43(49)29-21-13-11-9-7-5-3-1-2-4-6-8-10-12-14-22-30-44(50)52-37-53-46(38-25-17-15-18-26-38,39-27-19-16-20-28-39)45(51)54-42-35-40-31-32-41(36-42)47(40)33-23-24-34-47/h15-20,25-28,40-42H,1-14,21-24,29-37H2/p+1. The van der Waals surface area contributed by atoms with E-state index in [2.05, 4.69) is 0 Å². The van der Waals surface area contributed by atoms with Gasteiger partial charge in [0.15, 0.2) is 6.79 Å². The van der Waals surface area contributed by atoms with Crippen molar-refractivity contribution in [3.63, 3.8) is 0 Å². The highest BCUT2D eigenvalue weighted by Gasteiger charge is 2.57. The number of piperidine rings is 1. The first-order valence-corrected chi connectivity index (χ1v) is 21.6. The lowest BCUT2D eigenvalue weighted by Crippen LogP contribution is -2.60. The van der Waals surface area contributed by atoms with Crippen molar-refractivity contribution >= 4 is 17.9 Å². The molecule has 2 bridgehead atoms. The van der Waals surface area contributed by atoms with E-state index in [-0.39, 0.29) is 18.9 Å². The number of benzene rings is 2. The molecule has 8 nitrogen and oxygen atoms in total. The summed E-state index contributed by atoms with van der Waals surface area (Å²) in [5.74, 6) is -1.42. The van der Waals surface area contributed by atoms with Crippen LogP contribution in [0.5, 0.6) is 0 Å². The first kappa shape index (κ1) is 41.9. The van der Waals surface area contributed by atoms with Crippen LogP contribution in [0.3, 0.4) is 0 Å². The van der Waals surface area contributed by atoms with Gasteiger partial charge in [0.25, 0.3) is 0 Å². The Kier molecular flexibility index (Phi) is 17.4. The van der Waals surface area contributed by atoms with E-state index in [1.54, 1.807) is 0 Å². The molecule has 5 rings (SSSR count). The van der Waals surface area contributed by atoms with E-state index in [0.717, 1.165) is 51.4 Å². The molecular formula is C46H68NO7+. The maximum atomic E-state index is 14.5. The topological polar surface area (TPSA) is 99.1 Å². The Balaban J connectivity index is 0.995. The summed E-state index contributed by atoms with van der Waals surface area (Å²) in [5.41, 5.74) is -0.222. The number of carbonyl (C=O) groups is 3. The van der Waals surface area contributed by atoms with Gasteiger partial charge in [0.1, 0.15) is 6.10 Å². The molecule has 0 radical (unpaired) electrons. The molecule has 1 spiro atoms. The average molecular weight is 747 g/mol. The lowest BCUT2D eigenvalue weighted by atomic mass is 9.85. The molecule has 3 aliphatic rings. The molecule has 2 aromatic carbocycles. The molecule has 3 heterocycles. The van der Waals surface area contributed by atoms with Gasteiger partial charge in [-0.2, -0.15) is 0 Å². The molecule has 3 saturated heterocycles. The van der Waals surface area contributed by atoms with E-state index in [1.165, 1.54) is 107 Å². The number of hydrogen-bond acceptors (Lipinski definition) is 6. The minimum absolute atomic E-state index is 0.145. The molecule has 54 heavy (non-hydrogen) atoms. The van der Waals surface area contributed by atoms with Crippen LogP contribution in [-0.2, 0) is 34.2 Å². The molecule has 0 aliphatic carbocycles. The van der Waals surface area contributed by atoms with Crippen LogP contribution in [0.2, 0.25) is 0 Å². The molecular weight excluding hydrogens is 679 g/mol. The van der Waals surface area contributed by atoms with E-state index < -0.39 is 17.5 Å². The number of quaternary nitrogens is 1.